The van der Waals surface area contributed by atoms with Crippen molar-refractivity contribution in [2.75, 3.05) is 32.1 Å². The summed E-state index contributed by atoms with van der Waals surface area (Å²) in [5.74, 6) is 0.137. The molecule has 0 bridgehead atoms. The number of carbonyl (C=O) groups excluding carboxylic acids is 1. The first-order chi connectivity index (χ1) is 16.4. The summed E-state index contributed by atoms with van der Waals surface area (Å²) in [6.45, 7) is 2.48. The number of benzene rings is 1. The van der Waals surface area contributed by atoms with E-state index in [0.717, 1.165) is 68.4 Å². The topological polar surface area (TPSA) is 117 Å². The van der Waals surface area contributed by atoms with Crippen LogP contribution in [0.25, 0.3) is 4.72 Å². The number of likely N-dealkylation sites (tertiary alicyclic amines) is 1. The summed E-state index contributed by atoms with van der Waals surface area (Å²) in [6.07, 6.45) is 7.28. The molecule has 1 atom stereocenters. The van der Waals surface area contributed by atoms with Gasteiger partial charge >= 0.3 is 29.6 Å². The monoisotopic (exact) mass is 509 g/mol. The van der Waals surface area contributed by atoms with Crippen LogP contribution in [0.4, 0.5) is 10.5 Å². The number of anilines is 1. The maximum absolute atomic E-state index is 13.0. The van der Waals surface area contributed by atoms with E-state index in [9.17, 15) is 13.2 Å². The van der Waals surface area contributed by atoms with E-state index in [2.05, 4.69) is 26.1 Å². The van der Waals surface area contributed by atoms with E-state index in [0.29, 0.717) is 13.2 Å². The number of fused-ring (bicyclic) bond motifs is 3. The second-order valence-electron chi connectivity index (χ2n) is 9.50. The minimum atomic E-state index is -4.28. The van der Waals surface area contributed by atoms with Gasteiger partial charge in [0.15, 0.2) is 10.9 Å². The number of rotatable bonds is 5. The molecule has 0 saturated carbocycles. The third kappa shape index (κ3) is 4.51. The van der Waals surface area contributed by atoms with Crippen LogP contribution in [0.5, 0.6) is 5.88 Å². The Morgan fingerprint density at radius 1 is 1.14 bits per heavy atom. The molecule has 2 amide bonds. The van der Waals surface area contributed by atoms with Crippen LogP contribution in [-0.2, 0) is 47.0 Å². The molecule has 0 radical (unpaired) electrons. The summed E-state index contributed by atoms with van der Waals surface area (Å²) in [5.41, 5.74) is 5.53. The average Bonchev–Trinajstić information content (AvgIpc) is 3.51. The zero-order valence-corrected chi connectivity index (χ0v) is 22.9. The molecule has 1 aromatic heterocycles. The van der Waals surface area contributed by atoms with E-state index in [1.165, 1.54) is 22.0 Å². The molecule has 3 heterocycles. The number of ether oxygens (including phenoxy) is 2. The number of carbonyl (C=O) groups is 1. The van der Waals surface area contributed by atoms with Crippen molar-refractivity contribution in [3.8, 4) is 5.88 Å². The van der Waals surface area contributed by atoms with Gasteiger partial charge in [0.05, 0.1) is 24.9 Å². The van der Waals surface area contributed by atoms with Crippen molar-refractivity contribution in [2.24, 2.45) is 0 Å². The van der Waals surface area contributed by atoms with E-state index in [1.807, 2.05) is 0 Å². The molecule has 4 aliphatic rings. The van der Waals surface area contributed by atoms with Gasteiger partial charge in [0.1, 0.15) is 6.61 Å². The smallest absolute Gasteiger partial charge is 0.475 e. The Kier molecular flexibility index (Phi) is 6.92. The molecule has 1 N–H and O–H groups in total. The van der Waals surface area contributed by atoms with Crippen LogP contribution in [0.3, 0.4) is 0 Å². The molecule has 6 rings (SSSR count). The van der Waals surface area contributed by atoms with Gasteiger partial charge in [0.2, 0.25) is 15.9 Å². The second-order valence-corrected chi connectivity index (χ2v) is 11.1. The molecular weight excluding hydrogens is 481 g/mol. The fourth-order valence-corrected chi connectivity index (χ4v) is 6.56. The van der Waals surface area contributed by atoms with Gasteiger partial charge in [-0.1, -0.05) is 6.07 Å². The minimum Gasteiger partial charge on any atom is -0.475 e. The van der Waals surface area contributed by atoms with Crippen molar-refractivity contribution in [2.45, 2.75) is 62.1 Å². The number of nitrogens with zero attached hydrogens (tertiary/aromatic N) is 4. The van der Waals surface area contributed by atoms with Crippen LogP contribution in [0.15, 0.2) is 17.2 Å². The second kappa shape index (κ2) is 9.68. The number of methoxy groups -OCH3 is 1. The van der Waals surface area contributed by atoms with Crippen LogP contribution < -0.4 is 39.6 Å². The molecule has 2 aromatic rings. The zero-order valence-electron chi connectivity index (χ0n) is 20.1. The van der Waals surface area contributed by atoms with Crippen molar-refractivity contribution >= 4 is 21.7 Å². The van der Waals surface area contributed by atoms with E-state index < -0.39 is 16.1 Å². The fraction of sp³-hybridized carbons (Fsp3) is 0.565. The van der Waals surface area contributed by atoms with Crippen LogP contribution >= 0.6 is 0 Å². The summed E-state index contributed by atoms with van der Waals surface area (Å²) < 4.78 is 42.2. The van der Waals surface area contributed by atoms with Gasteiger partial charge in [-0.15, -0.1) is 0 Å². The van der Waals surface area contributed by atoms with E-state index in [4.69, 9.17) is 9.47 Å². The Balaban J connectivity index is 0.00000253. The third-order valence-electron chi connectivity index (χ3n) is 7.47. The summed E-state index contributed by atoms with van der Waals surface area (Å²) in [4.78, 5) is 14.8. The fourth-order valence-electron chi connectivity index (χ4n) is 5.63. The number of nitrogens with one attached hydrogen (secondary N) is 1. The molecule has 2 aliphatic heterocycles. The van der Waals surface area contributed by atoms with E-state index in [-0.39, 0.29) is 52.5 Å². The maximum atomic E-state index is 13.0. The molecular formula is C23H28N5NaO5S. The number of urea groups is 1. The van der Waals surface area contributed by atoms with E-state index >= 15 is 0 Å². The molecule has 1 aromatic carbocycles. The first kappa shape index (κ1) is 25.0. The molecule has 0 spiro atoms. The van der Waals surface area contributed by atoms with Crippen LogP contribution in [-0.4, -0.2) is 68.1 Å². The number of hydrogen-bond donors (Lipinski definition) is 1. The van der Waals surface area contributed by atoms with E-state index in [1.54, 1.807) is 7.11 Å². The Bertz CT molecular complexity index is 1230. The molecule has 1 fully saturated rings. The molecule has 35 heavy (non-hydrogen) atoms. The Morgan fingerprint density at radius 3 is 2.49 bits per heavy atom. The van der Waals surface area contributed by atoms with Crippen LogP contribution in [0.1, 0.15) is 35.1 Å². The van der Waals surface area contributed by atoms with Gasteiger partial charge in [0.25, 0.3) is 0 Å². The molecule has 10 nitrogen and oxygen atoms in total. The number of hydrogen-bond acceptors (Lipinski definition) is 7. The molecule has 182 valence electrons. The number of aryl methyl sites for hydroxylation is 2. The van der Waals surface area contributed by atoms with Gasteiger partial charge in [-0.2, -0.15) is 5.10 Å². The van der Waals surface area contributed by atoms with Gasteiger partial charge in [0, 0.05) is 20.2 Å². The Hall–Kier alpha value is -1.63. The largest absolute Gasteiger partial charge is 1.00 e. The van der Waals surface area contributed by atoms with Crippen molar-refractivity contribution in [3.05, 3.63) is 39.2 Å². The third-order valence-corrected chi connectivity index (χ3v) is 8.71. The molecule has 2 aliphatic carbocycles. The van der Waals surface area contributed by atoms with Crippen molar-refractivity contribution < 1.29 is 52.2 Å². The average molecular weight is 510 g/mol. The quantitative estimate of drug-likeness (QED) is 0.527. The predicted octanol–water partition coefficient (Wildman–Crippen LogP) is -0.749. The molecule has 1 saturated heterocycles. The van der Waals surface area contributed by atoms with Crippen molar-refractivity contribution in [1.29, 1.82) is 0 Å². The minimum absolute atomic E-state index is 0. The first-order valence-electron chi connectivity index (χ1n) is 11.8. The Labute approximate surface area is 227 Å². The van der Waals surface area contributed by atoms with Gasteiger partial charge < -0.3 is 19.5 Å². The standard InChI is InChI=1S/C23H29N5O5S.Na/c1-32-17-11-27(12-17)16-10-28-22(33-13-16)20(9-24-28)34(30,31)26-23(29)25-21-18-6-2-4-14(18)8-15-5-3-7-19(15)21;/h8-9,16-17H,2-7,10-13H2,1H3,(H2,25,26,29);/q;+1/p-1. The van der Waals surface area contributed by atoms with Crippen LogP contribution in [0, 0.1) is 0 Å². The maximum Gasteiger partial charge on any atom is 1.00 e. The first-order valence-corrected chi connectivity index (χ1v) is 13.3. The SMILES string of the molecule is COC1CN(C2COc3c(S(=O)(=O)[N-]C(=O)Nc4c5c(cc6c4CCC6)CCC5)cnn3C2)C1.[Na+]. The number of aromatic nitrogens is 2. The summed E-state index contributed by atoms with van der Waals surface area (Å²) in [5, 5.41) is 7.02. The number of amides is 2. The van der Waals surface area contributed by atoms with Crippen LogP contribution in [0.2, 0.25) is 0 Å². The normalized spacial score (nSPS) is 21.2. The molecule has 12 heteroatoms. The summed E-state index contributed by atoms with van der Waals surface area (Å²) >= 11 is 0. The van der Waals surface area contributed by atoms with Gasteiger partial charge in [-0.3, -0.25) is 9.69 Å². The summed E-state index contributed by atoms with van der Waals surface area (Å²) in [7, 11) is -2.58. The van der Waals surface area contributed by atoms with Gasteiger partial charge in [-0.25, -0.2) is 13.1 Å². The predicted molar refractivity (Wildman–Crippen MR) is 124 cm³/mol. The Morgan fingerprint density at radius 2 is 1.83 bits per heavy atom. The zero-order chi connectivity index (χ0) is 23.4. The van der Waals surface area contributed by atoms with Gasteiger partial charge in [-0.05, 0) is 66.5 Å². The molecule has 1 unspecified atom stereocenters. The van der Waals surface area contributed by atoms with Crippen molar-refractivity contribution in [1.82, 2.24) is 14.7 Å². The summed E-state index contributed by atoms with van der Waals surface area (Å²) in [6, 6.07) is 1.47. The van der Waals surface area contributed by atoms with Crippen molar-refractivity contribution in [3.63, 3.8) is 0 Å². The number of sulfonamides is 1.